The number of carboxylic acid groups (broad SMARTS) is 1. The number of hydrogen-bond donors (Lipinski definition) is 2. The third-order valence-corrected chi connectivity index (χ3v) is 3.00. The van der Waals surface area contributed by atoms with E-state index in [0.29, 0.717) is 5.56 Å². The lowest BCUT2D eigenvalue weighted by molar-refractivity contribution is -0.139. The van der Waals surface area contributed by atoms with Gasteiger partial charge in [0, 0.05) is 12.4 Å². The number of halogens is 1. The van der Waals surface area contributed by atoms with Crippen molar-refractivity contribution in [3.05, 3.63) is 64.9 Å². The summed E-state index contributed by atoms with van der Waals surface area (Å²) in [5, 5.41) is 11.9. The topological polar surface area (TPSA) is 79.3 Å². The zero-order chi connectivity index (χ0) is 14.5. The predicted octanol–water partition coefficient (Wildman–Crippen LogP) is 2.29. The normalized spacial score (nSPS) is 11.7. The Hall–Kier alpha value is -2.40. The fourth-order valence-corrected chi connectivity index (χ4v) is 1.88. The number of amides is 1. The summed E-state index contributed by atoms with van der Waals surface area (Å²) in [6.07, 6.45) is 2.74. The van der Waals surface area contributed by atoms with E-state index in [-0.39, 0.29) is 10.6 Å². The SMILES string of the molecule is O=C(N[C@@H](C(=O)O)c1ccccc1)c1cnccc1Cl. The van der Waals surface area contributed by atoms with Gasteiger partial charge in [0.1, 0.15) is 0 Å². The molecule has 0 saturated carbocycles. The van der Waals surface area contributed by atoms with Crippen LogP contribution in [0.5, 0.6) is 0 Å². The van der Waals surface area contributed by atoms with Crippen molar-refractivity contribution in [2.75, 3.05) is 0 Å². The Bertz CT molecular complexity index is 631. The summed E-state index contributed by atoms with van der Waals surface area (Å²) in [5.41, 5.74) is 0.615. The molecule has 1 aromatic carbocycles. The number of carboxylic acids is 1. The van der Waals surface area contributed by atoms with Crippen LogP contribution in [0, 0.1) is 0 Å². The number of aromatic nitrogens is 1. The molecule has 0 spiro atoms. The van der Waals surface area contributed by atoms with E-state index in [1.165, 1.54) is 18.5 Å². The molecule has 1 heterocycles. The second-order valence-corrected chi connectivity index (χ2v) is 4.42. The molecule has 1 aromatic heterocycles. The molecule has 0 radical (unpaired) electrons. The summed E-state index contributed by atoms with van der Waals surface area (Å²) >= 11 is 5.88. The molecular formula is C14H11ClN2O3. The van der Waals surface area contributed by atoms with E-state index < -0.39 is 17.9 Å². The van der Waals surface area contributed by atoms with Crippen molar-refractivity contribution in [1.29, 1.82) is 0 Å². The first-order valence-electron chi connectivity index (χ1n) is 5.77. The quantitative estimate of drug-likeness (QED) is 0.905. The molecule has 2 aromatic rings. The summed E-state index contributed by atoms with van der Waals surface area (Å²) in [4.78, 5) is 27.1. The molecule has 0 fully saturated rings. The van der Waals surface area contributed by atoms with Crippen LogP contribution in [0.15, 0.2) is 48.8 Å². The van der Waals surface area contributed by atoms with E-state index in [0.717, 1.165) is 0 Å². The number of carbonyl (C=O) groups excluding carboxylic acids is 1. The van der Waals surface area contributed by atoms with Crippen LogP contribution in [0.1, 0.15) is 22.0 Å². The first-order chi connectivity index (χ1) is 9.59. The Balaban J connectivity index is 2.24. The number of aliphatic carboxylic acids is 1. The highest BCUT2D eigenvalue weighted by Crippen LogP contribution is 2.17. The van der Waals surface area contributed by atoms with Crippen LogP contribution in [0.25, 0.3) is 0 Å². The van der Waals surface area contributed by atoms with Crippen LogP contribution >= 0.6 is 11.6 Å². The third-order valence-electron chi connectivity index (χ3n) is 2.67. The van der Waals surface area contributed by atoms with E-state index in [1.54, 1.807) is 30.3 Å². The second-order valence-electron chi connectivity index (χ2n) is 4.01. The van der Waals surface area contributed by atoms with Crippen LogP contribution in [0.2, 0.25) is 5.02 Å². The minimum Gasteiger partial charge on any atom is -0.479 e. The third kappa shape index (κ3) is 3.13. The lowest BCUT2D eigenvalue weighted by Crippen LogP contribution is -2.33. The largest absolute Gasteiger partial charge is 0.479 e. The number of rotatable bonds is 4. The molecule has 1 atom stereocenters. The van der Waals surface area contributed by atoms with Gasteiger partial charge in [0.2, 0.25) is 0 Å². The lowest BCUT2D eigenvalue weighted by atomic mass is 10.1. The molecule has 0 unspecified atom stereocenters. The molecule has 2 rings (SSSR count). The van der Waals surface area contributed by atoms with Crippen molar-refractivity contribution >= 4 is 23.5 Å². The monoisotopic (exact) mass is 290 g/mol. The van der Waals surface area contributed by atoms with E-state index in [9.17, 15) is 14.7 Å². The molecule has 0 saturated heterocycles. The molecule has 5 nitrogen and oxygen atoms in total. The molecule has 0 aliphatic carbocycles. The first-order valence-corrected chi connectivity index (χ1v) is 6.15. The highest BCUT2D eigenvalue weighted by Gasteiger charge is 2.23. The van der Waals surface area contributed by atoms with Gasteiger partial charge in [-0.2, -0.15) is 0 Å². The molecule has 102 valence electrons. The van der Waals surface area contributed by atoms with Crippen molar-refractivity contribution < 1.29 is 14.7 Å². The second kappa shape index (κ2) is 6.16. The molecule has 6 heteroatoms. The summed E-state index contributed by atoms with van der Waals surface area (Å²) in [6.45, 7) is 0. The number of hydrogen-bond acceptors (Lipinski definition) is 3. The van der Waals surface area contributed by atoms with Crippen LogP contribution in [-0.2, 0) is 4.79 Å². The molecule has 0 aliphatic rings. The lowest BCUT2D eigenvalue weighted by Gasteiger charge is -2.15. The van der Waals surface area contributed by atoms with Gasteiger partial charge >= 0.3 is 5.97 Å². The van der Waals surface area contributed by atoms with Crippen molar-refractivity contribution in [3.63, 3.8) is 0 Å². The van der Waals surface area contributed by atoms with Crippen molar-refractivity contribution in [3.8, 4) is 0 Å². The standard InChI is InChI=1S/C14H11ClN2O3/c15-11-6-7-16-8-10(11)13(18)17-12(14(19)20)9-4-2-1-3-5-9/h1-8,12H,(H,17,18)(H,19,20)/t12-/m1/s1. The first kappa shape index (κ1) is 14.0. The molecule has 0 bridgehead atoms. The van der Waals surface area contributed by atoms with Gasteiger partial charge in [0.05, 0.1) is 10.6 Å². The Labute approximate surface area is 120 Å². The number of nitrogens with one attached hydrogen (secondary N) is 1. The fraction of sp³-hybridized carbons (Fsp3) is 0.0714. The van der Waals surface area contributed by atoms with Gasteiger partial charge in [-0.05, 0) is 11.6 Å². The van der Waals surface area contributed by atoms with Crippen LogP contribution in [0.3, 0.4) is 0 Å². The highest BCUT2D eigenvalue weighted by molar-refractivity contribution is 6.33. The van der Waals surface area contributed by atoms with Gasteiger partial charge in [0.15, 0.2) is 6.04 Å². The van der Waals surface area contributed by atoms with Gasteiger partial charge in [-0.1, -0.05) is 41.9 Å². The average molecular weight is 291 g/mol. The number of nitrogens with zero attached hydrogens (tertiary/aromatic N) is 1. The maximum absolute atomic E-state index is 12.1. The Kier molecular flexibility index (Phi) is 4.32. The number of carbonyl (C=O) groups is 2. The molecule has 1 amide bonds. The summed E-state index contributed by atoms with van der Waals surface area (Å²) in [5.74, 6) is -1.73. The maximum atomic E-state index is 12.1. The van der Waals surface area contributed by atoms with E-state index in [2.05, 4.69) is 10.3 Å². The molecule has 20 heavy (non-hydrogen) atoms. The van der Waals surface area contributed by atoms with E-state index >= 15 is 0 Å². The molecular weight excluding hydrogens is 280 g/mol. The highest BCUT2D eigenvalue weighted by atomic mass is 35.5. The van der Waals surface area contributed by atoms with Crippen molar-refractivity contribution in [2.24, 2.45) is 0 Å². The zero-order valence-electron chi connectivity index (χ0n) is 10.3. The van der Waals surface area contributed by atoms with E-state index in [1.807, 2.05) is 0 Å². The molecule has 2 N–H and O–H groups in total. The van der Waals surface area contributed by atoms with E-state index in [4.69, 9.17) is 11.6 Å². The van der Waals surface area contributed by atoms with Gasteiger partial charge < -0.3 is 10.4 Å². The Morgan fingerprint density at radius 3 is 2.50 bits per heavy atom. The van der Waals surface area contributed by atoms with Gasteiger partial charge in [-0.3, -0.25) is 9.78 Å². The van der Waals surface area contributed by atoms with Crippen molar-refractivity contribution in [1.82, 2.24) is 10.3 Å². The summed E-state index contributed by atoms with van der Waals surface area (Å²) < 4.78 is 0. The van der Waals surface area contributed by atoms with Crippen molar-refractivity contribution in [2.45, 2.75) is 6.04 Å². The summed E-state index contributed by atoms with van der Waals surface area (Å²) in [6, 6.07) is 8.76. The minimum atomic E-state index is -1.15. The van der Waals surface area contributed by atoms with Crippen LogP contribution in [-0.4, -0.2) is 22.0 Å². The predicted molar refractivity (Wildman–Crippen MR) is 73.5 cm³/mol. The molecule has 0 aliphatic heterocycles. The smallest absolute Gasteiger partial charge is 0.330 e. The maximum Gasteiger partial charge on any atom is 0.330 e. The Morgan fingerprint density at radius 1 is 1.20 bits per heavy atom. The number of benzene rings is 1. The summed E-state index contributed by atoms with van der Waals surface area (Å²) in [7, 11) is 0. The fourth-order valence-electron chi connectivity index (χ4n) is 1.69. The van der Waals surface area contributed by atoms with Crippen LogP contribution < -0.4 is 5.32 Å². The Morgan fingerprint density at radius 2 is 1.90 bits per heavy atom. The minimum absolute atomic E-state index is 0.136. The average Bonchev–Trinajstić information content (AvgIpc) is 2.45. The number of pyridine rings is 1. The van der Waals surface area contributed by atoms with Crippen LogP contribution in [0.4, 0.5) is 0 Å². The van der Waals surface area contributed by atoms with Gasteiger partial charge in [0.25, 0.3) is 5.91 Å². The van der Waals surface area contributed by atoms with Gasteiger partial charge in [-0.25, -0.2) is 4.79 Å². The zero-order valence-corrected chi connectivity index (χ0v) is 11.0. The van der Waals surface area contributed by atoms with Gasteiger partial charge in [-0.15, -0.1) is 0 Å².